The molecule has 0 amide bonds. The highest BCUT2D eigenvalue weighted by atomic mass is 79.9. The fourth-order valence-electron chi connectivity index (χ4n) is 0.895. The van der Waals surface area contributed by atoms with Gasteiger partial charge in [-0.1, -0.05) is 34.1 Å². The lowest BCUT2D eigenvalue weighted by Gasteiger charge is -2.01. The Balaban J connectivity index is 2.55. The van der Waals surface area contributed by atoms with Gasteiger partial charge in [0.2, 0.25) is 0 Å². The third-order valence-electron chi connectivity index (χ3n) is 1.43. The molecule has 0 radical (unpaired) electrons. The van der Waals surface area contributed by atoms with Gasteiger partial charge in [0.1, 0.15) is 0 Å². The number of tetrazole rings is 1. The van der Waals surface area contributed by atoms with Crippen LogP contribution in [0.3, 0.4) is 0 Å². The molecule has 0 aliphatic rings. The summed E-state index contributed by atoms with van der Waals surface area (Å²) in [6.45, 7) is 0. The van der Waals surface area contributed by atoms with E-state index in [1.807, 2.05) is 24.3 Å². The summed E-state index contributed by atoms with van der Waals surface area (Å²) in [6, 6.07) is 7.67. The van der Waals surface area contributed by atoms with Crippen molar-refractivity contribution in [3.8, 4) is 11.4 Å². The fourth-order valence-corrected chi connectivity index (χ4v) is 1.36. The average molecular weight is 224 g/mol. The number of halogens is 1. The SMILES string of the molecule is Brc1ccccc1-c1nnn[n-]1. The molecule has 2 rings (SSSR count). The Hall–Kier alpha value is -1.23. The van der Waals surface area contributed by atoms with Crippen molar-refractivity contribution in [3.63, 3.8) is 0 Å². The van der Waals surface area contributed by atoms with Crippen molar-refractivity contribution in [1.29, 1.82) is 0 Å². The fraction of sp³-hybridized carbons (Fsp3) is 0. The summed E-state index contributed by atoms with van der Waals surface area (Å²) in [6.07, 6.45) is 0. The van der Waals surface area contributed by atoms with E-state index in [1.54, 1.807) is 0 Å². The van der Waals surface area contributed by atoms with Gasteiger partial charge in [-0.05, 0) is 6.07 Å². The number of hydrogen-bond acceptors (Lipinski definition) is 3. The van der Waals surface area contributed by atoms with Crippen molar-refractivity contribution in [2.45, 2.75) is 0 Å². The van der Waals surface area contributed by atoms with Gasteiger partial charge >= 0.3 is 0 Å². The van der Waals surface area contributed by atoms with Crippen LogP contribution in [0.5, 0.6) is 0 Å². The lowest BCUT2D eigenvalue weighted by molar-refractivity contribution is 0.871. The van der Waals surface area contributed by atoms with Gasteiger partial charge < -0.3 is 5.10 Å². The average Bonchev–Trinajstić information content (AvgIpc) is 2.57. The lowest BCUT2D eigenvalue weighted by Crippen LogP contribution is -1.83. The minimum absolute atomic E-state index is 0.544. The van der Waals surface area contributed by atoms with Gasteiger partial charge in [0.25, 0.3) is 0 Å². The molecule has 0 saturated carbocycles. The van der Waals surface area contributed by atoms with E-state index in [1.165, 1.54) is 0 Å². The van der Waals surface area contributed by atoms with Crippen molar-refractivity contribution in [2.75, 3.05) is 0 Å². The third kappa shape index (κ3) is 1.23. The van der Waals surface area contributed by atoms with E-state index in [9.17, 15) is 0 Å². The standard InChI is InChI=1S/C7H4BrN4/c8-6-4-2-1-3-5(6)7-9-11-12-10-7/h1-4H/q-1. The molecule has 0 atom stereocenters. The Kier molecular flexibility index (Phi) is 1.87. The van der Waals surface area contributed by atoms with Crippen LogP contribution < -0.4 is 5.10 Å². The first-order chi connectivity index (χ1) is 5.88. The predicted molar refractivity (Wildman–Crippen MR) is 46.3 cm³/mol. The van der Waals surface area contributed by atoms with Crippen molar-refractivity contribution in [3.05, 3.63) is 28.7 Å². The Bertz CT molecular complexity index is 371. The van der Waals surface area contributed by atoms with Crippen molar-refractivity contribution < 1.29 is 0 Å². The molecule has 0 spiro atoms. The molecule has 0 bridgehead atoms. The van der Waals surface area contributed by atoms with Gasteiger partial charge in [-0.25, -0.2) is 0 Å². The molecule has 4 nitrogen and oxygen atoms in total. The Morgan fingerprint density at radius 2 is 2.08 bits per heavy atom. The number of hydrogen-bond donors (Lipinski definition) is 0. The van der Waals surface area contributed by atoms with Crippen LogP contribution in [0.15, 0.2) is 28.7 Å². The highest BCUT2D eigenvalue weighted by Gasteiger charge is 1.98. The van der Waals surface area contributed by atoms with Gasteiger partial charge in [-0.15, -0.1) is 0 Å². The zero-order valence-corrected chi connectivity index (χ0v) is 7.56. The smallest absolute Gasteiger partial charge is 0.0408 e. The third-order valence-corrected chi connectivity index (χ3v) is 2.13. The van der Waals surface area contributed by atoms with E-state index in [4.69, 9.17) is 0 Å². The van der Waals surface area contributed by atoms with Gasteiger partial charge in [-0.3, -0.25) is 10.3 Å². The summed E-state index contributed by atoms with van der Waals surface area (Å²) in [5.41, 5.74) is 0.905. The number of aromatic nitrogens is 4. The molecule has 0 fully saturated rings. The normalized spacial score (nSPS) is 10.1. The predicted octanol–water partition coefficient (Wildman–Crippen LogP) is 1.26. The Labute approximate surface area is 77.1 Å². The van der Waals surface area contributed by atoms with Gasteiger partial charge in [0, 0.05) is 15.9 Å². The molecule has 0 aliphatic carbocycles. The van der Waals surface area contributed by atoms with E-state index in [0.717, 1.165) is 10.0 Å². The second-order valence-electron chi connectivity index (χ2n) is 2.18. The molecule has 60 valence electrons. The van der Waals surface area contributed by atoms with Gasteiger partial charge in [0.15, 0.2) is 0 Å². The molecular weight excluding hydrogens is 220 g/mol. The van der Waals surface area contributed by atoms with Crippen LogP contribution in [0, 0.1) is 0 Å². The molecule has 0 saturated heterocycles. The van der Waals surface area contributed by atoms with Crippen LogP contribution in [0.25, 0.3) is 11.4 Å². The second-order valence-corrected chi connectivity index (χ2v) is 3.04. The highest BCUT2D eigenvalue weighted by Crippen LogP contribution is 2.23. The first-order valence-electron chi connectivity index (χ1n) is 3.31. The summed E-state index contributed by atoms with van der Waals surface area (Å²) < 4.78 is 0.944. The zero-order chi connectivity index (χ0) is 8.39. The number of benzene rings is 1. The summed E-state index contributed by atoms with van der Waals surface area (Å²) in [5, 5.41) is 14.3. The monoisotopic (exact) mass is 223 g/mol. The van der Waals surface area contributed by atoms with Crippen molar-refractivity contribution in [1.82, 2.24) is 20.6 Å². The lowest BCUT2D eigenvalue weighted by atomic mass is 10.2. The first kappa shape index (κ1) is 7.42. The van der Waals surface area contributed by atoms with Crippen molar-refractivity contribution in [2.24, 2.45) is 0 Å². The summed E-state index contributed by atoms with van der Waals surface area (Å²) in [4.78, 5) is 0. The first-order valence-corrected chi connectivity index (χ1v) is 4.11. The number of nitrogens with zero attached hydrogens (tertiary/aromatic N) is 4. The molecule has 1 aromatic heterocycles. The van der Waals surface area contributed by atoms with Crippen LogP contribution >= 0.6 is 15.9 Å². The molecular formula is C7H4BrN4-. The maximum atomic E-state index is 3.75. The molecule has 0 aliphatic heterocycles. The quantitative estimate of drug-likeness (QED) is 0.731. The van der Waals surface area contributed by atoms with Gasteiger partial charge in [0.05, 0.1) is 0 Å². The maximum absolute atomic E-state index is 3.75. The molecule has 1 aromatic carbocycles. The maximum Gasteiger partial charge on any atom is 0.0408 e. The van der Waals surface area contributed by atoms with Crippen LogP contribution in [0.1, 0.15) is 0 Å². The van der Waals surface area contributed by atoms with Crippen LogP contribution in [-0.4, -0.2) is 15.5 Å². The summed E-state index contributed by atoms with van der Waals surface area (Å²) >= 11 is 3.38. The largest absolute Gasteiger partial charge is 0.330 e. The van der Waals surface area contributed by atoms with E-state index in [0.29, 0.717) is 5.82 Å². The molecule has 1 heterocycles. The zero-order valence-electron chi connectivity index (χ0n) is 5.98. The highest BCUT2D eigenvalue weighted by molar-refractivity contribution is 9.10. The van der Waals surface area contributed by atoms with Crippen molar-refractivity contribution >= 4 is 15.9 Å². The van der Waals surface area contributed by atoms with E-state index >= 15 is 0 Å². The topological polar surface area (TPSA) is 52.8 Å². The molecule has 0 unspecified atom stereocenters. The molecule has 5 heteroatoms. The Morgan fingerprint density at radius 3 is 2.75 bits per heavy atom. The summed E-state index contributed by atoms with van der Waals surface area (Å²) in [7, 11) is 0. The molecule has 12 heavy (non-hydrogen) atoms. The Morgan fingerprint density at radius 1 is 1.25 bits per heavy atom. The van der Waals surface area contributed by atoms with Crippen LogP contribution in [-0.2, 0) is 0 Å². The van der Waals surface area contributed by atoms with Gasteiger partial charge in [-0.2, -0.15) is 5.21 Å². The van der Waals surface area contributed by atoms with E-state index in [-0.39, 0.29) is 0 Å². The van der Waals surface area contributed by atoms with Crippen LogP contribution in [0.4, 0.5) is 0 Å². The molecule has 2 aromatic rings. The molecule has 0 N–H and O–H groups in total. The minimum atomic E-state index is 0.544. The van der Waals surface area contributed by atoms with E-state index in [2.05, 4.69) is 36.6 Å². The summed E-state index contributed by atoms with van der Waals surface area (Å²) in [5.74, 6) is 0.544. The second kappa shape index (κ2) is 3.02. The van der Waals surface area contributed by atoms with Crippen LogP contribution in [0.2, 0.25) is 0 Å². The van der Waals surface area contributed by atoms with E-state index < -0.39 is 0 Å². The number of rotatable bonds is 1. The minimum Gasteiger partial charge on any atom is -0.330 e.